The second-order valence-electron chi connectivity index (χ2n) is 3.96. The second kappa shape index (κ2) is 4.08. The molecule has 2 aromatic heterocycles. The van der Waals surface area contributed by atoms with Gasteiger partial charge in [-0.2, -0.15) is 18.3 Å². The molecule has 0 aliphatic carbocycles. The van der Waals surface area contributed by atoms with Gasteiger partial charge in [0.25, 0.3) is 0 Å². The molecule has 0 saturated carbocycles. The van der Waals surface area contributed by atoms with Crippen LogP contribution in [0.2, 0.25) is 0 Å². The number of nitrogens with two attached hydrogens (primary N) is 1. The molecule has 0 bridgehead atoms. The summed E-state index contributed by atoms with van der Waals surface area (Å²) in [6, 6.07) is 1.34. The maximum Gasteiger partial charge on any atom is 0.395 e. The van der Waals surface area contributed by atoms with Crippen LogP contribution in [0.15, 0.2) is 18.5 Å². The van der Waals surface area contributed by atoms with E-state index in [0.717, 1.165) is 6.92 Å². The van der Waals surface area contributed by atoms with Gasteiger partial charge in [-0.3, -0.25) is 0 Å². The van der Waals surface area contributed by atoms with E-state index in [1.807, 2.05) is 0 Å². The molecule has 7 heteroatoms. The van der Waals surface area contributed by atoms with Crippen LogP contribution in [0.4, 0.5) is 18.9 Å². The fraction of sp³-hybridized carbons (Fsp3) is 0.364. The molecule has 0 aliphatic rings. The Hall–Kier alpha value is -1.92. The van der Waals surface area contributed by atoms with E-state index < -0.39 is 12.1 Å². The minimum absolute atomic E-state index is 0.0460. The number of fused-ring (bicyclic) bond motifs is 1. The fourth-order valence-electron chi connectivity index (χ4n) is 1.82. The van der Waals surface area contributed by atoms with E-state index in [0.29, 0.717) is 5.52 Å². The minimum atomic E-state index is -4.33. The molecule has 0 fully saturated rings. The minimum Gasteiger partial charge on any atom is -0.494 e. The molecule has 2 aromatic rings. The van der Waals surface area contributed by atoms with Gasteiger partial charge < -0.3 is 10.5 Å². The van der Waals surface area contributed by atoms with Crippen molar-refractivity contribution in [2.75, 3.05) is 12.8 Å². The highest BCUT2D eigenvalue weighted by Crippen LogP contribution is 2.41. The summed E-state index contributed by atoms with van der Waals surface area (Å²) < 4.78 is 44.8. The third-order valence-corrected chi connectivity index (χ3v) is 2.86. The summed E-state index contributed by atoms with van der Waals surface area (Å²) in [4.78, 5) is 0. The third-order valence-electron chi connectivity index (χ3n) is 2.86. The van der Waals surface area contributed by atoms with Crippen LogP contribution >= 0.6 is 0 Å². The van der Waals surface area contributed by atoms with Crippen LogP contribution in [-0.4, -0.2) is 22.9 Å². The standard InChI is InChI=1S/C11H12F3N3O/c1-6(11(12,13)14)7-3-4-17-9(10(7)18-2)8(15)5-16-17/h3-6H,15H2,1-2H3. The average Bonchev–Trinajstić information content (AvgIpc) is 2.68. The summed E-state index contributed by atoms with van der Waals surface area (Å²) in [5.41, 5.74) is 6.37. The smallest absolute Gasteiger partial charge is 0.395 e. The van der Waals surface area contributed by atoms with Crippen LogP contribution in [0.5, 0.6) is 5.75 Å². The highest BCUT2D eigenvalue weighted by molar-refractivity contribution is 5.78. The largest absolute Gasteiger partial charge is 0.494 e. The van der Waals surface area contributed by atoms with E-state index >= 15 is 0 Å². The van der Waals surface area contributed by atoms with Gasteiger partial charge in [0.2, 0.25) is 0 Å². The first-order valence-electron chi connectivity index (χ1n) is 5.22. The zero-order valence-corrected chi connectivity index (χ0v) is 9.82. The lowest BCUT2D eigenvalue weighted by Crippen LogP contribution is -2.18. The zero-order chi connectivity index (χ0) is 13.5. The van der Waals surface area contributed by atoms with E-state index in [1.165, 1.54) is 30.1 Å². The monoisotopic (exact) mass is 259 g/mol. The Morgan fingerprint density at radius 1 is 1.44 bits per heavy atom. The Morgan fingerprint density at radius 3 is 2.67 bits per heavy atom. The van der Waals surface area contributed by atoms with E-state index in [2.05, 4.69) is 5.10 Å². The van der Waals surface area contributed by atoms with Crippen molar-refractivity contribution in [2.45, 2.75) is 19.0 Å². The molecule has 0 spiro atoms. The van der Waals surface area contributed by atoms with Crippen molar-refractivity contribution in [3.05, 3.63) is 24.0 Å². The number of anilines is 1. The maximum atomic E-state index is 12.8. The van der Waals surface area contributed by atoms with E-state index in [9.17, 15) is 13.2 Å². The number of hydrogen-bond acceptors (Lipinski definition) is 3. The number of nitrogen functional groups attached to an aromatic ring is 1. The number of halogens is 3. The van der Waals surface area contributed by atoms with E-state index in [1.54, 1.807) is 0 Å². The normalized spacial score (nSPS) is 13.8. The van der Waals surface area contributed by atoms with Crippen molar-refractivity contribution in [3.8, 4) is 5.75 Å². The van der Waals surface area contributed by atoms with Gasteiger partial charge in [0.05, 0.1) is 24.9 Å². The van der Waals surface area contributed by atoms with Gasteiger partial charge in [0, 0.05) is 11.8 Å². The molecule has 1 unspecified atom stereocenters. The summed E-state index contributed by atoms with van der Waals surface area (Å²) in [7, 11) is 1.31. The lowest BCUT2D eigenvalue weighted by Gasteiger charge is -2.19. The van der Waals surface area contributed by atoms with E-state index in [4.69, 9.17) is 10.5 Å². The van der Waals surface area contributed by atoms with Crippen molar-refractivity contribution >= 4 is 11.2 Å². The van der Waals surface area contributed by atoms with Crippen LogP contribution in [0, 0.1) is 0 Å². The summed E-state index contributed by atoms with van der Waals surface area (Å²) in [5, 5.41) is 3.92. The molecule has 0 radical (unpaired) electrons. The molecule has 0 amide bonds. The third kappa shape index (κ3) is 1.85. The molecule has 0 aliphatic heterocycles. The summed E-state index contributed by atoms with van der Waals surface area (Å²) >= 11 is 0. The van der Waals surface area contributed by atoms with Gasteiger partial charge in [0.15, 0.2) is 5.75 Å². The van der Waals surface area contributed by atoms with Gasteiger partial charge in [0.1, 0.15) is 5.52 Å². The number of ether oxygens (including phenoxy) is 1. The Labute approximate surface area is 101 Å². The molecule has 2 N–H and O–H groups in total. The first-order valence-corrected chi connectivity index (χ1v) is 5.22. The van der Waals surface area contributed by atoms with Crippen LogP contribution in [-0.2, 0) is 0 Å². The summed E-state index contributed by atoms with van der Waals surface area (Å²) in [6.45, 7) is 1.08. The Kier molecular flexibility index (Phi) is 2.84. The second-order valence-corrected chi connectivity index (χ2v) is 3.96. The van der Waals surface area contributed by atoms with Crippen molar-refractivity contribution in [2.24, 2.45) is 0 Å². The Bertz CT molecular complexity index is 577. The first kappa shape index (κ1) is 12.5. The summed E-state index contributed by atoms with van der Waals surface area (Å²) in [6.07, 6.45) is -1.52. The number of hydrogen-bond donors (Lipinski definition) is 1. The molecule has 0 aromatic carbocycles. The highest BCUT2D eigenvalue weighted by atomic mass is 19.4. The van der Waals surface area contributed by atoms with Gasteiger partial charge in [-0.1, -0.05) is 0 Å². The van der Waals surface area contributed by atoms with Crippen molar-refractivity contribution < 1.29 is 17.9 Å². The molecule has 0 saturated heterocycles. The number of aromatic nitrogens is 2. The van der Waals surface area contributed by atoms with Crippen molar-refractivity contribution in [1.29, 1.82) is 0 Å². The number of pyridine rings is 1. The first-order chi connectivity index (χ1) is 8.36. The Balaban J connectivity index is 2.68. The van der Waals surface area contributed by atoms with Crippen molar-refractivity contribution in [1.82, 2.24) is 9.61 Å². The van der Waals surface area contributed by atoms with Crippen LogP contribution in [0.25, 0.3) is 5.52 Å². The van der Waals surface area contributed by atoms with Gasteiger partial charge >= 0.3 is 6.18 Å². The quantitative estimate of drug-likeness (QED) is 0.901. The van der Waals surface area contributed by atoms with Gasteiger partial charge in [-0.25, -0.2) is 4.52 Å². The molecule has 98 valence electrons. The predicted molar refractivity (Wildman–Crippen MR) is 60.6 cm³/mol. The predicted octanol–water partition coefficient (Wildman–Crippen LogP) is 2.59. The molecular formula is C11H12F3N3O. The highest BCUT2D eigenvalue weighted by Gasteiger charge is 2.39. The Morgan fingerprint density at radius 2 is 2.11 bits per heavy atom. The van der Waals surface area contributed by atoms with Crippen LogP contribution in [0.1, 0.15) is 18.4 Å². The SMILES string of the molecule is COc1c(C(C)C(F)(F)F)ccn2ncc(N)c12. The van der Waals surface area contributed by atoms with Crippen LogP contribution in [0.3, 0.4) is 0 Å². The molecular weight excluding hydrogens is 247 g/mol. The molecule has 18 heavy (non-hydrogen) atoms. The lowest BCUT2D eigenvalue weighted by atomic mass is 10.00. The number of methoxy groups -OCH3 is 1. The number of nitrogens with zero attached hydrogens (tertiary/aromatic N) is 2. The number of rotatable bonds is 2. The number of alkyl halides is 3. The fourth-order valence-corrected chi connectivity index (χ4v) is 1.82. The molecule has 2 heterocycles. The van der Waals surface area contributed by atoms with E-state index in [-0.39, 0.29) is 17.0 Å². The average molecular weight is 259 g/mol. The lowest BCUT2D eigenvalue weighted by molar-refractivity contribution is -0.146. The molecule has 1 atom stereocenters. The maximum absolute atomic E-state index is 12.8. The molecule has 2 rings (SSSR count). The van der Waals surface area contributed by atoms with Crippen LogP contribution < -0.4 is 10.5 Å². The summed E-state index contributed by atoms with van der Waals surface area (Å²) in [5.74, 6) is -1.52. The topological polar surface area (TPSA) is 52.5 Å². The van der Waals surface area contributed by atoms with Gasteiger partial charge in [-0.05, 0) is 13.0 Å². The van der Waals surface area contributed by atoms with Crippen molar-refractivity contribution in [3.63, 3.8) is 0 Å². The molecule has 4 nitrogen and oxygen atoms in total. The van der Waals surface area contributed by atoms with Gasteiger partial charge in [-0.15, -0.1) is 0 Å². The zero-order valence-electron chi connectivity index (χ0n) is 9.82.